The zero-order valence-electron chi connectivity index (χ0n) is 6.72. The Morgan fingerprint density at radius 3 is 2.73 bits per heavy atom. The second-order valence-corrected chi connectivity index (χ2v) is 3.00. The molecule has 1 aliphatic rings. The van der Waals surface area contributed by atoms with Crippen LogP contribution < -0.4 is 11.3 Å². The molecule has 4 heteroatoms. The van der Waals surface area contributed by atoms with Crippen molar-refractivity contribution in [3.05, 3.63) is 0 Å². The molecule has 0 bridgehead atoms. The van der Waals surface area contributed by atoms with Gasteiger partial charge in [-0.1, -0.05) is 0 Å². The van der Waals surface area contributed by atoms with Crippen LogP contribution in [0.3, 0.4) is 0 Å². The topological polar surface area (TPSA) is 64.3 Å². The third kappa shape index (κ3) is 1.70. The van der Waals surface area contributed by atoms with Crippen molar-refractivity contribution in [2.24, 2.45) is 11.3 Å². The average molecular weight is 158 g/mol. The van der Waals surface area contributed by atoms with Gasteiger partial charge in [-0.15, -0.1) is 0 Å². The van der Waals surface area contributed by atoms with E-state index in [4.69, 9.17) is 10.6 Å². The van der Waals surface area contributed by atoms with Crippen molar-refractivity contribution in [3.8, 4) is 0 Å². The van der Waals surface area contributed by atoms with Gasteiger partial charge in [-0.25, -0.2) is 5.84 Å². The fraction of sp³-hybridized carbons (Fsp3) is 0.857. The van der Waals surface area contributed by atoms with E-state index in [1.165, 1.54) is 0 Å². The first-order valence-corrected chi connectivity index (χ1v) is 3.75. The van der Waals surface area contributed by atoms with Gasteiger partial charge in [0.15, 0.2) is 0 Å². The highest BCUT2D eigenvalue weighted by Gasteiger charge is 2.48. The number of ether oxygens (including phenoxy) is 1. The molecule has 0 aliphatic heterocycles. The SMILES string of the molecule is COCCC1(C(=O)NN)CC1. The van der Waals surface area contributed by atoms with Crippen LogP contribution in [0, 0.1) is 5.41 Å². The fourth-order valence-corrected chi connectivity index (χ4v) is 1.19. The van der Waals surface area contributed by atoms with E-state index in [0.717, 1.165) is 19.3 Å². The average Bonchev–Trinajstić information content (AvgIpc) is 2.80. The molecule has 1 amide bonds. The summed E-state index contributed by atoms with van der Waals surface area (Å²) in [5.74, 6) is 4.98. The molecule has 1 rings (SSSR count). The summed E-state index contributed by atoms with van der Waals surface area (Å²) in [6, 6.07) is 0. The summed E-state index contributed by atoms with van der Waals surface area (Å²) in [4.78, 5) is 11.1. The standard InChI is InChI=1S/C7H14N2O2/c1-11-5-4-7(2-3-7)6(10)9-8/h2-5,8H2,1H3,(H,9,10). The van der Waals surface area contributed by atoms with Crippen molar-refractivity contribution in [1.29, 1.82) is 0 Å². The number of hydrazine groups is 1. The lowest BCUT2D eigenvalue weighted by Crippen LogP contribution is -2.37. The van der Waals surface area contributed by atoms with Crippen molar-refractivity contribution in [2.45, 2.75) is 19.3 Å². The van der Waals surface area contributed by atoms with E-state index in [0.29, 0.717) is 6.61 Å². The molecule has 0 heterocycles. The van der Waals surface area contributed by atoms with Gasteiger partial charge < -0.3 is 4.74 Å². The van der Waals surface area contributed by atoms with Crippen molar-refractivity contribution in [1.82, 2.24) is 5.43 Å². The monoisotopic (exact) mass is 158 g/mol. The maximum atomic E-state index is 11.1. The third-order valence-corrected chi connectivity index (χ3v) is 2.25. The van der Waals surface area contributed by atoms with Crippen LogP contribution in [0.1, 0.15) is 19.3 Å². The molecular formula is C7H14N2O2. The lowest BCUT2D eigenvalue weighted by atomic mass is 10.0. The zero-order valence-corrected chi connectivity index (χ0v) is 6.72. The second kappa shape index (κ2) is 3.19. The van der Waals surface area contributed by atoms with E-state index in [1.807, 2.05) is 0 Å². The van der Waals surface area contributed by atoms with Gasteiger partial charge in [-0.3, -0.25) is 10.2 Å². The van der Waals surface area contributed by atoms with Gasteiger partial charge in [0.05, 0.1) is 5.41 Å². The molecule has 0 radical (unpaired) electrons. The number of nitrogens with one attached hydrogen (secondary N) is 1. The highest BCUT2D eigenvalue weighted by Crippen LogP contribution is 2.48. The summed E-state index contributed by atoms with van der Waals surface area (Å²) in [5, 5.41) is 0. The van der Waals surface area contributed by atoms with E-state index in [-0.39, 0.29) is 11.3 Å². The Kier molecular flexibility index (Phi) is 2.46. The Morgan fingerprint density at radius 2 is 2.36 bits per heavy atom. The molecule has 4 nitrogen and oxygen atoms in total. The molecule has 64 valence electrons. The van der Waals surface area contributed by atoms with Gasteiger partial charge in [0.25, 0.3) is 0 Å². The normalized spacial score (nSPS) is 19.5. The predicted octanol–water partition coefficient (Wildman–Crippen LogP) is -0.207. The number of carbonyl (C=O) groups excluding carboxylic acids is 1. The van der Waals surface area contributed by atoms with Crippen LogP contribution in [0.4, 0.5) is 0 Å². The maximum Gasteiger partial charge on any atom is 0.240 e. The molecule has 0 spiro atoms. The summed E-state index contributed by atoms with van der Waals surface area (Å²) in [7, 11) is 1.64. The minimum absolute atomic E-state index is 0.0467. The number of amides is 1. The molecule has 0 aromatic carbocycles. The molecule has 3 N–H and O–H groups in total. The van der Waals surface area contributed by atoms with Gasteiger partial charge in [0.1, 0.15) is 0 Å². The number of nitrogens with two attached hydrogens (primary N) is 1. The minimum Gasteiger partial charge on any atom is -0.385 e. The smallest absolute Gasteiger partial charge is 0.240 e. The number of rotatable bonds is 4. The van der Waals surface area contributed by atoms with Gasteiger partial charge in [0.2, 0.25) is 5.91 Å². The number of carbonyl (C=O) groups is 1. The van der Waals surface area contributed by atoms with Crippen molar-refractivity contribution >= 4 is 5.91 Å². The first kappa shape index (κ1) is 8.49. The van der Waals surface area contributed by atoms with E-state index in [2.05, 4.69) is 5.43 Å². The van der Waals surface area contributed by atoms with Crippen LogP contribution >= 0.6 is 0 Å². The zero-order chi connectivity index (χ0) is 8.32. The Hall–Kier alpha value is -0.610. The first-order chi connectivity index (χ1) is 5.25. The predicted molar refractivity (Wildman–Crippen MR) is 40.5 cm³/mol. The highest BCUT2D eigenvalue weighted by atomic mass is 16.5. The molecule has 0 saturated heterocycles. The molecule has 0 aromatic rings. The Balaban J connectivity index is 2.34. The van der Waals surface area contributed by atoms with Crippen molar-refractivity contribution in [3.63, 3.8) is 0 Å². The van der Waals surface area contributed by atoms with Crippen LogP contribution in [0.15, 0.2) is 0 Å². The van der Waals surface area contributed by atoms with Crippen LogP contribution in [0.2, 0.25) is 0 Å². The summed E-state index contributed by atoms with van der Waals surface area (Å²) in [6.45, 7) is 0.632. The highest BCUT2D eigenvalue weighted by molar-refractivity contribution is 5.84. The third-order valence-electron chi connectivity index (χ3n) is 2.25. The maximum absolute atomic E-state index is 11.1. The largest absolute Gasteiger partial charge is 0.385 e. The summed E-state index contributed by atoms with van der Waals surface area (Å²) in [6.07, 6.45) is 2.67. The van der Waals surface area contributed by atoms with Gasteiger partial charge in [-0.2, -0.15) is 0 Å². The fourth-order valence-electron chi connectivity index (χ4n) is 1.19. The van der Waals surface area contributed by atoms with Gasteiger partial charge >= 0.3 is 0 Å². The Labute approximate surface area is 66.1 Å². The van der Waals surface area contributed by atoms with Crippen molar-refractivity contribution < 1.29 is 9.53 Å². The van der Waals surface area contributed by atoms with Crippen molar-refractivity contribution in [2.75, 3.05) is 13.7 Å². The van der Waals surface area contributed by atoms with Crippen LogP contribution in [0.25, 0.3) is 0 Å². The number of hydrogen-bond donors (Lipinski definition) is 2. The molecule has 1 fully saturated rings. The van der Waals surface area contributed by atoms with Gasteiger partial charge in [-0.05, 0) is 19.3 Å². The van der Waals surface area contributed by atoms with Gasteiger partial charge in [0, 0.05) is 13.7 Å². The molecule has 1 saturated carbocycles. The first-order valence-electron chi connectivity index (χ1n) is 3.75. The molecule has 1 aliphatic carbocycles. The Bertz CT molecular complexity index is 155. The van der Waals surface area contributed by atoms with E-state index >= 15 is 0 Å². The van der Waals surface area contributed by atoms with Crippen LogP contribution in [-0.2, 0) is 9.53 Å². The van der Waals surface area contributed by atoms with Crippen LogP contribution in [0.5, 0.6) is 0 Å². The summed E-state index contributed by atoms with van der Waals surface area (Å²) >= 11 is 0. The quantitative estimate of drug-likeness (QED) is 0.338. The number of hydrogen-bond acceptors (Lipinski definition) is 3. The molecule has 0 unspecified atom stereocenters. The molecule has 0 aromatic heterocycles. The minimum atomic E-state index is -0.190. The second-order valence-electron chi connectivity index (χ2n) is 3.00. The molecule has 0 atom stereocenters. The lowest BCUT2D eigenvalue weighted by molar-refractivity contribution is -0.127. The lowest BCUT2D eigenvalue weighted by Gasteiger charge is -2.11. The molecule has 11 heavy (non-hydrogen) atoms. The summed E-state index contributed by atoms with van der Waals surface area (Å²) in [5.41, 5.74) is 1.99. The number of methoxy groups -OCH3 is 1. The molecular weight excluding hydrogens is 144 g/mol. The van der Waals surface area contributed by atoms with Crippen LogP contribution in [-0.4, -0.2) is 19.6 Å². The Morgan fingerprint density at radius 1 is 1.73 bits per heavy atom. The summed E-state index contributed by atoms with van der Waals surface area (Å²) < 4.78 is 4.89. The van der Waals surface area contributed by atoms with E-state index < -0.39 is 0 Å². The van der Waals surface area contributed by atoms with E-state index in [9.17, 15) is 4.79 Å². The van der Waals surface area contributed by atoms with E-state index in [1.54, 1.807) is 7.11 Å².